The van der Waals surface area contributed by atoms with E-state index in [4.69, 9.17) is 15.2 Å². The second-order valence-electron chi connectivity index (χ2n) is 3.20. The van der Waals surface area contributed by atoms with Crippen LogP contribution in [0.1, 0.15) is 5.56 Å². The molecular weight excluding hydrogens is 239 g/mol. The fourth-order valence-electron chi connectivity index (χ4n) is 1.16. The van der Waals surface area contributed by atoms with Gasteiger partial charge in [-0.25, -0.2) is 4.98 Å². The van der Waals surface area contributed by atoms with Crippen LogP contribution < -0.4 is 11.1 Å². The van der Waals surface area contributed by atoms with Gasteiger partial charge in [0.15, 0.2) is 5.82 Å². The number of hydrogen-bond acceptors (Lipinski definition) is 5. The van der Waals surface area contributed by atoms with E-state index >= 15 is 0 Å². The minimum absolute atomic E-state index is 0.0445. The average molecular weight is 247 g/mol. The van der Waals surface area contributed by atoms with Crippen molar-refractivity contribution in [2.75, 3.05) is 17.8 Å². The number of anilines is 2. The van der Waals surface area contributed by atoms with E-state index in [0.717, 1.165) is 6.07 Å². The summed E-state index contributed by atoms with van der Waals surface area (Å²) in [5.41, 5.74) is 4.41. The number of nitrogens with two attached hydrogens (primary N) is 1. The standard InChI is InChI=1S/C9H8F3N3O2/c10-9(11,12)5-1-6(13)8(14-2-5)15-7-3-16-4-17-7/h1-3H,4,13H2,(H,14,15). The molecule has 2 rings (SSSR count). The average Bonchev–Trinajstić information content (AvgIpc) is 2.72. The van der Waals surface area contributed by atoms with Crippen molar-refractivity contribution in [3.8, 4) is 0 Å². The number of hydrogen-bond donors (Lipinski definition) is 2. The van der Waals surface area contributed by atoms with Gasteiger partial charge in [-0.2, -0.15) is 13.2 Å². The van der Waals surface area contributed by atoms with Gasteiger partial charge in [0.2, 0.25) is 12.7 Å². The molecule has 1 aliphatic rings. The molecule has 0 atom stereocenters. The zero-order valence-corrected chi connectivity index (χ0v) is 8.41. The van der Waals surface area contributed by atoms with Crippen LogP contribution in [0.5, 0.6) is 0 Å². The molecule has 3 N–H and O–H groups in total. The van der Waals surface area contributed by atoms with Crippen LogP contribution in [0.4, 0.5) is 24.7 Å². The van der Waals surface area contributed by atoms with Gasteiger partial charge in [0.05, 0.1) is 11.3 Å². The summed E-state index contributed by atoms with van der Waals surface area (Å²) in [5.74, 6) is 0.318. The second-order valence-corrected chi connectivity index (χ2v) is 3.20. The molecular formula is C9H8F3N3O2. The Morgan fingerprint density at radius 3 is 2.71 bits per heavy atom. The third-order valence-corrected chi connectivity index (χ3v) is 1.96. The second kappa shape index (κ2) is 4.04. The van der Waals surface area contributed by atoms with Crippen LogP contribution in [0.2, 0.25) is 0 Å². The Labute approximate surface area is 94.0 Å². The van der Waals surface area contributed by atoms with Crippen molar-refractivity contribution in [2.24, 2.45) is 0 Å². The summed E-state index contributed by atoms with van der Waals surface area (Å²) < 4.78 is 46.7. The molecule has 2 heterocycles. The number of aromatic nitrogens is 1. The van der Waals surface area contributed by atoms with Crippen LogP contribution in [0.15, 0.2) is 24.4 Å². The first-order chi connectivity index (χ1) is 7.97. The Morgan fingerprint density at radius 1 is 1.41 bits per heavy atom. The van der Waals surface area contributed by atoms with Crippen molar-refractivity contribution in [2.45, 2.75) is 6.18 Å². The van der Waals surface area contributed by atoms with Gasteiger partial charge in [0, 0.05) is 6.20 Å². The summed E-state index contributed by atoms with van der Waals surface area (Å²) in [6.45, 7) is 0.0445. The van der Waals surface area contributed by atoms with E-state index in [1.807, 2.05) is 0 Å². The van der Waals surface area contributed by atoms with E-state index in [9.17, 15) is 13.2 Å². The van der Waals surface area contributed by atoms with Crippen LogP contribution >= 0.6 is 0 Å². The molecule has 5 nitrogen and oxygen atoms in total. The van der Waals surface area contributed by atoms with Gasteiger partial charge in [-0.3, -0.25) is 0 Å². The van der Waals surface area contributed by atoms with Crippen LogP contribution in [-0.4, -0.2) is 11.8 Å². The minimum Gasteiger partial charge on any atom is -0.459 e. The molecule has 0 fully saturated rings. The Bertz CT molecular complexity index is 459. The summed E-state index contributed by atoms with van der Waals surface area (Å²) in [6, 6.07) is 0.797. The molecule has 8 heteroatoms. The van der Waals surface area contributed by atoms with Gasteiger partial charge < -0.3 is 20.5 Å². The molecule has 0 aromatic carbocycles. The number of nitrogens with zero attached hydrogens (tertiary/aromatic N) is 1. The number of nitrogen functional groups attached to an aromatic ring is 1. The van der Waals surface area contributed by atoms with Crippen LogP contribution in [0.3, 0.4) is 0 Å². The molecule has 17 heavy (non-hydrogen) atoms. The minimum atomic E-state index is -4.47. The molecule has 0 amide bonds. The van der Waals surface area contributed by atoms with Gasteiger partial charge in [-0.15, -0.1) is 0 Å². The maximum atomic E-state index is 12.3. The zero-order valence-electron chi connectivity index (χ0n) is 8.41. The third kappa shape index (κ3) is 2.52. The summed E-state index contributed by atoms with van der Waals surface area (Å²) >= 11 is 0. The first-order valence-electron chi connectivity index (χ1n) is 4.51. The smallest absolute Gasteiger partial charge is 0.417 e. The Balaban J connectivity index is 2.20. The summed E-state index contributed by atoms with van der Waals surface area (Å²) in [6.07, 6.45) is -2.50. The molecule has 0 saturated heterocycles. The highest BCUT2D eigenvalue weighted by Gasteiger charge is 2.31. The maximum Gasteiger partial charge on any atom is 0.417 e. The van der Waals surface area contributed by atoms with Crippen LogP contribution in [0, 0.1) is 0 Å². The Kier molecular flexibility index (Phi) is 2.70. The molecule has 0 bridgehead atoms. The highest BCUT2D eigenvalue weighted by Crippen LogP contribution is 2.31. The fraction of sp³-hybridized carbons (Fsp3) is 0.222. The first kappa shape index (κ1) is 11.4. The van der Waals surface area contributed by atoms with E-state index in [-0.39, 0.29) is 24.2 Å². The predicted octanol–water partition coefficient (Wildman–Crippen LogP) is 1.90. The summed E-state index contributed by atoms with van der Waals surface area (Å²) in [4.78, 5) is 3.58. The van der Waals surface area contributed by atoms with Crippen molar-refractivity contribution in [1.82, 2.24) is 4.98 Å². The maximum absolute atomic E-state index is 12.3. The zero-order chi connectivity index (χ0) is 12.5. The van der Waals surface area contributed by atoms with Crippen molar-refractivity contribution in [3.05, 3.63) is 30.0 Å². The predicted molar refractivity (Wildman–Crippen MR) is 52.4 cm³/mol. The highest BCUT2D eigenvalue weighted by molar-refractivity contribution is 5.63. The number of pyridine rings is 1. The monoisotopic (exact) mass is 247 g/mol. The Hall–Kier alpha value is -2.12. The lowest BCUT2D eigenvalue weighted by atomic mass is 10.2. The lowest BCUT2D eigenvalue weighted by Gasteiger charge is -2.11. The molecule has 1 aliphatic heterocycles. The number of alkyl halides is 3. The molecule has 0 spiro atoms. The van der Waals surface area contributed by atoms with Gasteiger partial charge in [-0.05, 0) is 6.07 Å². The molecule has 0 aliphatic carbocycles. The van der Waals surface area contributed by atoms with E-state index in [1.54, 1.807) is 0 Å². The Morgan fingerprint density at radius 2 is 2.18 bits per heavy atom. The van der Waals surface area contributed by atoms with Crippen LogP contribution in [0.25, 0.3) is 0 Å². The van der Waals surface area contributed by atoms with Gasteiger partial charge in [-0.1, -0.05) is 0 Å². The molecule has 1 aromatic rings. The van der Waals surface area contributed by atoms with Gasteiger partial charge in [0.1, 0.15) is 6.26 Å². The summed E-state index contributed by atoms with van der Waals surface area (Å²) in [5, 5.41) is 2.60. The highest BCUT2D eigenvalue weighted by atomic mass is 19.4. The van der Waals surface area contributed by atoms with Gasteiger partial charge >= 0.3 is 6.18 Å². The van der Waals surface area contributed by atoms with Crippen molar-refractivity contribution < 1.29 is 22.6 Å². The van der Waals surface area contributed by atoms with Crippen molar-refractivity contribution in [3.63, 3.8) is 0 Å². The topological polar surface area (TPSA) is 69.4 Å². The number of halogens is 3. The van der Waals surface area contributed by atoms with Crippen molar-refractivity contribution >= 4 is 11.5 Å². The number of nitrogens with one attached hydrogen (secondary N) is 1. The van der Waals surface area contributed by atoms with E-state index in [1.165, 1.54) is 6.26 Å². The largest absolute Gasteiger partial charge is 0.459 e. The third-order valence-electron chi connectivity index (χ3n) is 1.96. The molecule has 0 unspecified atom stereocenters. The fourth-order valence-corrected chi connectivity index (χ4v) is 1.16. The molecule has 92 valence electrons. The summed E-state index contributed by atoms with van der Waals surface area (Å²) in [7, 11) is 0. The SMILES string of the molecule is Nc1cc(C(F)(F)F)cnc1NC1=COCO1. The molecule has 0 saturated carbocycles. The molecule has 0 radical (unpaired) electrons. The molecule has 1 aromatic heterocycles. The van der Waals surface area contributed by atoms with E-state index in [2.05, 4.69) is 10.3 Å². The van der Waals surface area contributed by atoms with E-state index in [0.29, 0.717) is 6.20 Å². The van der Waals surface area contributed by atoms with Crippen LogP contribution in [-0.2, 0) is 15.7 Å². The number of rotatable bonds is 2. The van der Waals surface area contributed by atoms with Crippen molar-refractivity contribution in [1.29, 1.82) is 0 Å². The lowest BCUT2D eigenvalue weighted by molar-refractivity contribution is -0.137. The first-order valence-corrected chi connectivity index (χ1v) is 4.51. The quantitative estimate of drug-likeness (QED) is 0.835. The normalized spacial score (nSPS) is 14.9. The van der Waals surface area contributed by atoms with Gasteiger partial charge in [0.25, 0.3) is 0 Å². The van der Waals surface area contributed by atoms with E-state index < -0.39 is 11.7 Å². The number of ether oxygens (including phenoxy) is 2. The lowest BCUT2D eigenvalue weighted by Crippen LogP contribution is -2.10.